The van der Waals surface area contributed by atoms with E-state index in [1.165, 1.54) is 11.8 Å². The van der Waals surface area contributed by atoms with E-state index in [1.807, 2.05) is 30.3 Å². The van der Waals surface area contributed by atoms with Crippen molar-refractivity contribution in [3.05, 3.63) is 66.0 Å². The van der Waals surface area contributed by atoms with E-state index in [4.69, 9.17) is 13.4 Å². The molecule has 3 heterocycles. The molecule has 0 saturated heterocycles. The van der Waals surface area contributed by atoms with Crippen molar-refractivity contribution in [1.29, 1.82) is 0 Å². The molecule has 0 saturated carbocycles. The molecule has 0 aliphatic carbocycles. The van der Waals surface area contributed by atoms with Gasteiger partial charge in [0.05, 0.1) is 12.0 Å². The number of nitrogens with zero attached hydrogens (tertiary/aromatic N) is 4. The molecule has 0 N–H and O–H groups in total. The Balaban J connectivity index is 1.36. The summed E-state index contributed by atoms with van der Waals surface area (Å²) in [7, 11) is 0. The van der Waals surface area contributed by atoms with Crippen molar-refractivity contribution < 1.29 is 13.4 Å². The summed E-state index contributed by atoms with van der Waals surface area (Å²) in [6.45, 7) is 0. The van der Waals surface area contributed by atoms with Crippen LogP contribution in [0.1, 0.15) is 17.3 Å². The number of thioether (sulfide) groups is 1. The Kier molecular flexibility index (Phi) is 4.11. The third kappa shape index (κ3) is 3.38. The van der Waals surface area contributed by atoms with Crippen LogP contribution in [-0.2, 0) is 12.2 Å². The first-order valence-corrected chi connectivity index (χ1v) is 8.21. The van der Waals surface area contributed by atoms with Gasteiger partial charge >= 0.3 is 0 Å². The van der Waals surface area contributed by atoms with Gasteiger partial charge in [-0.15, -0.1) is 10.2 Å². The van der Waals surface area contributed by atoms with Gasteiger partial charge in [0.1, 0.15) is 0 Å². The van der Waals surface area contributed by atoms with Gasteiger partial charge in [-0.25, -0.2) is 0 Å². The molecule has 120 valence electrons. The van der Waals surface area contributed by atoms with Gasteiger partial charge in [0.2, 0.25) is 5.89 Å². The van der Waals surface area contributed by atoms with Crippen LogP contribution >= 0.6 is 11.8 Å². The van der Waals surface area contributed by atoms with E-state index in [1.54, 1.807) is 18.4 Å². The van der Waals surface area contributed by atoms with Crippen LogP contribution in [0.2, 0.25) is 0 Å². The van der Waals surface area contributed by atoms with E-state index in [2.05, 4.69) is 20.3 Å². The maximum absolute atomic E-state index is 5.51. The largest absolute Gasteiger partial charge is 0.459 e. The van der Waals surface area contributed by atoms with Crippen molar-refractivity contribution in [2.45, 2.75) is 17.4 Å². The van der Waals surface area contributed by atoms with Crippen LogP contribution in [0.15, 0.2) is 67.3 Å². The van der Waals surface area contributed by atoms with Gasteiger partial charge < -0.3 is 13.4 Å². The number of rotatable bonds is 6. The summed E-state index contributed by atoms with van der Waals surface area (Å²) in [6, 6.07) is 13.5. The monoisotopic (exact) mass is 340 g/mol. The highest BCUT2D eigenvalue weighted by atomic mass is 32.2. The quantitative estimate of drug-likeness (QED) is 0.492. The van der Waals surface area contributed by atoms with E-state index < -0.39 is 0 Å². The van der Waals surface area contributed by atoms with Crippen LogP contribution in [0.5, 0.6) is 0 Å². The minimum Gasteiger partial charge on any atom is -0.459 e. The second kappa shape index (κ2) is 6.71. The average molecular weight is 340 g/mol. The van der Waals surface area contributed by atoms with Crippen molar-refractivity contribution in [2.75, 3.05) is 0 Å². The van der Waals surface area contributed by atoms with Crippen LogP contribution in [0.3, 0.4) is 0 Å². The molecule has 7 nitrogen and oxygen atoms in total. The first-order chi connectivity index (χ1) is 11.9. The smallest absolute Gasteiger partial charge is 0.284 e. The van der Waals surface area contributed by atoms with Crippen LogP contribution in [0.25, 0.3) is 11.7 Å². The molecule has 0 aliphatic heterocycles. The van der Waals surface area contributed by atoms with E-state index in [0.29, 0.717) is 40.8 Å². The molecule has 0 unspecified atom stereocenters. The Hall–Kier alpha value is -2.87. The lowest BCUT2D eigenvalue weighted by atomic mass is 10.1. The molecule has 0 spiro atoms. The minimum absolute atomic E-state index is 0.345. The Morgan fingerprint density at radius 3 is 2.75 bits per heavy atom. The third-order valence-corrected chi connectivity index (χ3v) is 3.98. The van der Waals surface area contributed by atoms with Gasteiger partial charge in [0, 0.05) is 6.42 Å². The fraction of sp³-hybridized carbons (Fsp3) is 0.125. The molecule has 4 rings (SSSR count). The van der Waals surface area contributed by atoms with Gasteiger partial charge in [-0.1, -0.05) is 47.3 Å². The molecule has 0 aliphatic rings. The SMILES string of the molecule is c1ccc(Cc2noc(CSc3nnc(-c4ccco4)o3)n2)cc1. The molecule has 0 atom stereocenters. The fourth-order valence-electron chi connectivity index (χ4n) is 2.09. The standard InChI is InChI=1S/C16H12N4O3S/c1-2-5-11(6-3-1)9-13-17-14(23-20-13)10-24-16-19-18-15(22-16)12-7-4-8-21-12/h1-8H,9-10H2. The minimum atomic E-state index is 0.345. The third-order valence-electron chi connectivity index (χ3n) is 3.17. The summed E-state index contributed by atoms with van der Waals surface area (Å²) in [5, 5.41) is 12.3. The summed E-state index contributed by atoms with van der Waals surface area (Å²) < 4.78 is 16.0. The Morgan fingerprint density at radius 2 is 1.92 bits per heavy atom. The summed E-state index contributed by atoms with van der Waals surface area (Å²) >= 11 is 1.33. The lowest BCUT2D eigenvalue weighted by Crippen LogP contribution is -1.90. The van der Waals surface area contributed by atoms with E-state index >= 15 is 0 Å². The maximum Gasteiger partial charge on any atom is 0.284 e. The summed E-state index contributed by atoms with van der Waals surface area (Å²) in [5.41, 5.74) is 1.14. The van der Waals surface area contributed by atoms with E-state index in [9.17, 15) is 0 Å². The van der Waals surface area contributed by atoms with Gasteiger partial charge in [-0.3, -0.25) is 0 Å². The van der Waals surface area contributed by atoms with Crippen LogP contribution in [0, 0.1) is 0 Å². The number of furan rings is 1. The maximum atomic E-state index is 5.51. The van der Waals surface area contributed by atoms with Crippen molar-refractivity contribution in [1.82, 2.24) is 20.3 Å². The van der Waals surface area contributed by atoms with Gasteiger partial charge in [-0.05, 0) is 17.7 Å². The van der Waals surface area contributed by atoms with Crippen LogP contribution < -0.4 is 0 Å². The zero-order chi connectivity index (χ0) is 16.2. The summed E-state index contributed by atoms with van der Waals surface area (Å²) in [6.07, 6.45) is 2.19. The average Bonchev–Trinajstić information content (AvgIpc) is 3.35. The Bertz CT molecular complexity index is 902. The molecule has 0 amide bonds. The molecular formula is C16H12N4O3S. The van der Waals surface area contributed by atoms with Crippen molar-refractivity contribution in [2.24, 2.45) is 0 Å². The van der Waals surface area contributed by atoms with Gasteiger partial charge in [-0.2, -0.15) is 4.98 Å². The van der Waals surface area contributed by atoms with Crippen LogP contribution in [0.4, 0.5) is 0 Å². The zero-order valence-corrected chi connectivity index (χ0v) is 13.3. The topological polar surface area (TPSA) is 91.0 Å². The first kappa shape index (κ1) is 14.7. The Morgan fingerprint density at radius 1 is 1.00 bits per heavy atom. The predicted molar refractivity (Wildman–Crippen MR) is 85.1 cm³/mol. The number of benzene rings is 1. The van der Waals surface area contributed by atoms with Crippen LogP contribution in [-0.4, -0.2) is 20.3 Å². The van der Waals surface area contributed by atoms with Crippen molar-refractivity contribution in [3.8, 4) is 11.7 Å². The number of aromatic nitrogens is 4. The highest BCUT2D eigenvalue weighted by Crippen LogP contribution is 2.25. The summed E-state index contributed by atoms with van der Waals surface area (Å²) in [4.78, 5) is 4.37. The second-order valence-electron chi connectivity index (χ2n) is 4.91. The number of hydrogen-bond donors (Lipinski definition) is 0. The first-order valence-electron chi connectivity index (χ1n) is 7.22. The van der Waals surface area contributed by atoms with Crippen molar-refractivity contribution >= 4 is 11.8 Å². The molecule has 0 radical (unpaired) electrons. The fourth-order valence-corrected chi connectivity index (χ4v) is 2.69. The molecule has 0 bridgehead atoms. The molecule has 4 aromatic rings. The number of hydrogen-bond acceptors (Lipinski definition) is 8. The Labute approximate surface area is 141 Å². The molecule has 3 aromatic heterocycles. The zero-order valence-electron chi connectivity index (χ0n) is 12.5. The molecule has 8 heteroatoms. The predicted octanol–water partition coefficient (Wildman–Crippen LogP) is 3.60. The molecule has 0 fully saturated rings. The second-order valence-corrected chi connectivity index (χ2v) is 5.83. The highest BCUT2D eigenvalue weighted by molar-refractivity contribution is 7.98. The highest BCUT2D eigenvalue weighted by Gasteiger charge is 2.13. The van der Waals surface area contributed by atoms with Gasteiger partial charge in [0.25, 0.3) is 11.1 Å². The summed E-state index contributed by atoms with van der Waals surface area (Å²) in [5.74, 6) is 2.51. The molecular weight excluding hydrogens is 328 g/mol. The lowest BCUT2D eigenvalue weighted by Gasteiger charge is -1.94. The molecule has 24 heavy (non-hydrogen) atoms. The van der Waals surface area contributed by atoms with E-state index in [-0.39, 0.29) is 0 Å². The van der Waals surface area contributed by atoms with E-state index in [0.717, 1.165) is 5.56 Å². The van der Waals surface area contributed by atoms with Gasteiger partial charge in [0.15, 0.2) is 11.6 Å². The normalized spacial score (nSPS) is 11.0. The van der Waals surface area contributed by atoms with Crippen molar-refractivity contribution in [3.63, 3.8) is 0 Å². The lowest BCUT2D eigenvalue weighted by molar-refractivity contribution is 0.385. The molecule has 1 aromatic carbocycles.